The third kappa shape index (κ3) is 4.40. The zero-order chi connectivity index (χ0) is 15.2. The Bertz CT molecular complexity index is 550. The topological polar surface area (TPSA) is 80.5 Å². The van der Waals surface area contributed by atoms with Crippen LogP contribution in [-0.2, 0) is 0 Å². The van der Waals surface area contributed by atoms with Gasteiger partial charge in [0.2, 0.25) is 11.9 Å². The first-order valence-corrected chi connectivity index (χ1v) is 7.29. The maximum atomic E-state index is 4.42. The molecule has 0 saturated heterocycles. The van der Waals surface area contributed by atoms with Gasteiger partial charge in [-0.2, -0.15) is 20.1 Å². The van der Waals surface area contributed by atoms with E-state index in [1.165, 1.54) is 6.42 Å². The second-order valence-corrected chi connectivity index (χ2v) is 5.50. The molecular weight excluding hydrogens is 266 g/mol. The zero-order valence-corrected chi connectivity index (χ0v) is 13.0. The summed E-state index contributed by atoms with van der Waals surface area (Å²) < 4.78 is 1.62. The second kappa shape index (κ2) is 7.01. The number of hydrogen-bond acceptors (Lipinski definition) is 6. The molecule has 7 nitrogen and oxygen atoms in total. The Hall–Kier alpha value is -2.18. The molecule has 0 spiro atoms. The molecule has 0 saturated carbocycles. The summed E-state index contributed by atoms with van der Waals surface area (Å²) in [5.74, 6) is 2.28. The van der Waals surface area contributed by atoms with Crippen molar-refractivity contribution in [2.45, 2.75) is 39.7 Å². The lowest BCUT2D eigenvalue weighted by Gasteiger charge is -2.15. The molecule has 0 aliphatic carbocycles. The molecule has 0 bridgehead atoms. The largest absolute Gasteiger partial charge is 0.357 e. The van der Waals surface area contributed by atoms with Gasteiger partial charge in [0.1, 0.15) is 0 Å². The van der Waals surface area contributed by atoms with E-state index in [2.05, 4.69) is 51.5 Å². The van der Waals surface area contributed by atoms with Crippen LogP contribution in [0.1, 0.15) is 33.6 Å². The van der Waals surface area contributed by atoms with Gasteiger partial charge in [-0.15, -0.1) is 0 Å². The van der Waals surface area contributed by atoms with Gasteiger partial charge in [-0.05, 0) is 31.7 Å². The first-order valence-electron chi connectivity index (χ1n) is 7.29. The fourth-order valence-corrected chi connectivity index (χ4v) is 1.91. The Labute approximate surface area is 125 Å². The van der Waals surface area contributed by atoms with Crippen LogP contribution in [0.15, 0.2) is 18.5 Å². The van der Waals surface area contributed by atoms with E-state index in [9.17, 15) is 0 Å². The van der Waals surface area contributed by atoms with Crippen LogP contribution in [0.5, 0.6) is 0 Å². The fourth-order valence-electron chi connectivity index (χ4n) is 1.91. The maximum Gasteiger partial charge on any atom is 0.257 e. The third-order valence-electron chi connectivity index (χ3n) is 3.11. The van der Waals surface area contributed by atoms with Crippen LogP contribution < -0.4 is 10.6 Å². The van der Waals surface area contributed by atoms with E-state index in [-0.39, 0.29) is 0 Å². The molecule has 0 aromatic carbocycles. The van der Waals surface area contributed by atoms with Crippen LogP contribution in [0.3, 0.4) is 0 Å². The quantitative estimate of drug-likeness (QED) is 0.814. The number of nitrogens with one attached hydrogen (secondary N) is 2. The van der Waals surface area contributed by atoms with Gasteiger partial charge in [0.25, 0.3) is 5.95 Å². The molecule has 2 aromatic heterocycles. The highest BCUT2D eigenvalue weighted by molar-refractivity contribution is 5.37. The average molecular weight is 289 g/mol. The smallest absolute Gasteiger partial charge is 0.257 e. The lowest BCUT2D eigenvalue weighted by atomic mass is 10.0. The maximum absolute atomic E-state index is 4.42. The van der Waals surface area contributed by atoms with Crippen molar-refractivity contribution in [3.05, 3.63) is 18.5 Å². The van der Waals surface area contributed by atoms with E-state index in [0.29, 0.717) is 29.8 Å². The SMILES string of the molecule is CNc1nc(NC(C)CCC(C)C)nc(-n2cccn2)n1. The van der Waals surface area contributed by atoms with Crippen LogP contribution >= 0.6 is 0 Å². The number of anilines is 2. The molecule has 21 heavy (non-hydrogen) atoms. The molecule has 2 rings (SSSR count). The Morgan fingerprint density at radius 1 is 1.10 bits per heavy atom. The predicted molar refractivity (Wildman–Crippen MR) is 83.7 cm³/mol. The van der Waals surface area contributed by atoms with Crippen LogP contribution in [0.2, 0.25) is 0 Å². The molecule has 2 aromatic rings. The van der Waals surface area contributed by atoms with Crippen LogP contribution in [0.4, 0.5) is 11.9 Å². The monoisotopic (exact) mass is 289 g/mol. The van der Waals surface area contributed by atoms with Crippen molar-refractivity contribution in [1.29, 1.82) is 0 Å². The molecule has 1 unspecified atom stereocenters. The normalized spacial score (nSPS) is 12.4. The molecule has 0 amide bonds. The summed E-state index contributed by atoms with van der Waals surface area (Å²) >= 11 is 0. The number of hydrogen-bond donors (Lipinski definition) is 2. The van der Waals surface area contributed by atoms with E-state index < -0.39 is 0 Å². The van der Waals surface area contributed by atoms with Crippen LogP contribution in [-0.4, -0.2) is 37.8 Å². The standard InChI is InChI=1S/C14H23N7/c1-10(2)6-7-11(3)17-13-18-12(15-4)19-14(20-13)21-9-5-8-16-21/h5,8-11H,6-7H2,1-4H3,(H2,15,17,18,19,20). The Kier molecular flexibility index (Phi) is 5.08. The fraction of sp³-hybridized carbons (Fsp3) is 0.571. The predicted octanol–water partition coefficient (Wildman–Crippen LogP) is 2.34. The molecule has 2 N–H and O–H groups in total. The van der Waals surface area contributed by atoms with E-state index in [1.54, 1.807) is 24.1 Å². The minimum atomic E-state index is 0.310. The average Bonchev–Trinajstić information content (AvgIpc) is 2.99. The highest BCUT2D eigenvalue weighted by Crippen LogP contribution is 2.12. The first-order chi connectivity index (χ1) is 10.1. The molecule has 7 heteroatoms. The van der Waals surface area contributed by atoms with Crippen LogP contribution in [0.25, 0.3) is 5.95 Å². The van der Waals surface area contributed by atoms with Crippen molar-refractivity contribution in [2.75, 3.05) is 17.7 Å². The molecular formula is C14H23N7. The number of nitrogens with zero attached hydrogens (tertiary/aromatic N) is 5. The minimum absolute atomic E-state index is 0.310. The number of aromatic nitrogens is 5. The summed E-state index contributed by atoms with van der Waals surface area (Å²) in [4.78, 5) is 13.1. The molecule has 0 aliphatic heterocycles. The first kappa shape index (κ1) is 15.2. The van der Waals surface area contributed by atoms with Gasteiger partial charge in [0, 0.05) is 25.5 Å². The summed E-state index contributed by atoms with van der Waals surface area (Å²) in [5, 5.41) is 10.4. The second-order valence-electron chi connectivity index (χ2n) is 5.50. The number of rotatable bonds is 7. The van der Waals surface area contributed by atoms with E-state index in [0.717, 1.165) is 6.42 Å². The van der Waals surface area contributed by atoms with Crippen molar-refractivity contribution in [1.82, 2.24) is 24.7 Å². The minimum Gasteiger partial charge on any atom is -0.357 e. The summed E-state index contributed by atoms with van der Waals surface area (Å²) in [6.07, 6.45) is 5.75. The lowest BCUT2D eigenvalue weighted by molar-refractivity contribution is 0.526. The van der Waals surface area contributed by atoms with Crippen molar-refractivity contribution in [3.8, 4) is 5.95 Å². The van der Waals surface area contributed by atoms with Gasteiger partial charge in [-0.25, -0.2) is 4.68 Å². The molecule has 114 valence electrons. The summed E-state index contributed by atoms with van der Waals surface area (Å²) in [7, 11) is 1.79. The van der Waals surface area contributed by atoms with Gasteiger partial charge in [-0.1, -0.05) is 13.8 Å². The zero-order valence-electron chi connectivity index (χ0n) is 13.0. The highest BCUT2D eigenvalue weighted by atomic mass is 15.4. The van der Waals surface area contributed by atoms with Crippen molar-refractivity contribution < 1.29 is 0 Å². The van der Waals surface area contributed by atoms with E-state index >= 15 is 0 Å². The van der Waals surface area contributed by atoms with Crippen molar-refractivity contribution in [3.63, 3.8) is 0 Å². The third-order valence-corrected chi connectivity index (χ3v) is 3.11. The van der Waals surface area contributed by atoms with E-state index in [4.69, 9.17) is 0 Å². The molecule has 0 aliphatic rings. The van der Waals surface area contributed by atoms with E-state index in [1.807, 2.05) is 6.07 Å². The van der Waals surface area contributed by atoms with Crippen molar-refractivity contribution in [2.24, 2.45) is 5.92 Å². The van der Waals surface area contributed by atoms with Crippen molar-refractivity contribution >= 4 is 11.9 Å². The Morgan fingerprint density at radius 2 is 1.86 bits per heavy atom. The van der Waals surface area contributed by atoms with Gasteiger partial charge < -0.3 is 10.6 Å². The van der Waals surface area contributed by atoms with Gasteiger partial charge in [0.05, 0.1) is 0 Å². The molecule has 0 radical (unpaired) electrons. The van der Waals surface area contributed by atoms with Crippen LogP contribution in [0, 0.1) is 5.92 Å². The summed E-state index contributed by atoms with van der Waals surface area (Å²) in [6, 6.07) is 2.14. The van der Waals surface area contributed by atoms with Gasteiger partial charge >= 0.3 is 0 Å². The molecule has 0 fully saturated rings. The highest BCUT2D eigenvalue weighted by Gasteiger charge is 2.10. The Morgan fingerprint density at radius 3 is 2.48 bits per heavy atom. The molecule has 2 heterocycles. The van der Waals surface area contributed by atoms with Gasteiger partial charge in [-0.3, -0.25) is 0 Å². The Balaban J connectivity index is 2.13. The molecule has 1 atom stereocenters. The summed E-state index contributed by atoms with van der Waals surface area (Å²) in [5.41, 5.74) is 0. The lowest BCUT2D eigenvalue weighted by Crippen LogP contribution is -2.19. The summed E-state index contributed by atoms with van der Waals surface area (Å²) in [6.45, 7) is 6.59. The van der Waals surface area contributed by atoms with Gasteiger partial charge in [0.15, 0.2) is 0 Å².